The van der Waals surface area contributed by atoms with Crippen LogP contribution in [0.2, 0.25) is 0 Å². The molecule has 250 valence electrons. The zero-order valence-electron chi connectivity index (χ0n) is 29.5. The molecule has 0 radical (unpaired) electrons. The van der Waals surface area contributed by atoms with Crippen LogP contribution in [-0.2, 0) is 5.41 Å². The van der Waals surface area contributed by atoms with Gasteiger partial charge in [0.25, 0.3) is 0 Å². The lowest BCUT2D eigenvalue weighted by Crippen LogP contribution is -2.14. The largest absolute Gasteiger partial charge is 0.236 e. The van der Waals surface area contributed by atoms with Crippen LogP contribution in [0.3, 0.4) is 0 Å². The molecular formula is C49H34N4. The summed E-state index contributed by atoms with van der Waals surface area (Å²) in [7, 11) is 0. The van der Waals surface area contributed by atoms with E-state index < -0.39 is 0 Å². The molecule has 2 aromatic heterocycles. The number of hydrogen-bond acceptors (Lipinski definition) is 4. The molecule has 7 aromatic carbocycles. The minimum Gasteiger partial charge on any atom is -0.236 e. The molecule has 0 saturated heterocycles. The summed E-state index contributed by atoms with van der Waals surface area (Å²) in [6, 6.07) is 55.6. The van der Waals surface area contributed by atoms with Crippen molar-refractivity contribution in [2.75, 3.05) is 0 Å². The number of aromatic nitrogens is 4. The molecule has 0 unspecified atom stereocenters. The van der Waals surface area contributed by atoms with E-state index in [-0.39, 0.29) is 5.41 Å². The molecule has 0 aliphatic heterocycles. The minimum atomic E-state index is -0.0701. The zero-order valence-corrected chi connectivity index (χ0v) is 29.5. The Morgan fingerprint density at radius 3 is 1.77 bits per heavy atom. The second-order valence-electron chi connectivity index (χ2n) is 14.3. The van der Waals surface area contributed by atoms with Gasteiger partial charge in [-0.1, -0.05) is 153 Å². The summed E-state index contributed by atoms with van der Waals surface area (Å²) in [6.45, 7) is 4.68. The summed E-state index contributed by atoms with van der Waals surface area (Å²) >= 11 is 0. The van der Waals surface area contributed by atoms with Crippen molar-refractivity contribution in [3.05, 3.63) is 181 Å². The highest BCUT2D eigenvalue weighted by Crippen LogP contribution is 2.50. The van der Waals surface area contributed by atoms with Gasteiger partial charge in [0.05, 0.1) is 11.4 Å². The zero-order chi connectivity index (χ0) is 35.5. The molecule has 0 atom stereocenters. The van der Waals surface area contributed by atoms with Gasteiger partial charge >= 0.3 is 0 Å². The third kappa shape index (κ3) is 5.22. The monoisotopic (exact) mass is 678 g/mol. The normalized spacial score (nSPS) is 12.9. The standard InChI is InChI=1S/C49H34N4/c1-49(2)43-19-10-9-16-39(43)42-26-35-24-25-38-37(41(35)27-44(42)49)17-11-18-40(38)46-28-45(32-14-7-4-8-15-32)52-48(53-46)34-22-20-33(21-23-34)47-50-29-36(30-51-47)31-12-5-3-6-13-31/h3-30H,1-2H3. The Kier molecular flexibility index (Phi) is 7.12. The van der Waals surface area contributed by atoms with Crippen LogP contribution in [0.15, 0.2) is 170 Å². The highest BCUT2D eigenvalue weighted by atomic mass is 14.9. The second-order valence-corrected chi connectivity index (χ2v) is 14.3. The van der Waals surface area contributed by atoms with E-state index in [1.807, 2.05) is 48.8 Å². The molecule has 0 saturated carbocycles. The molecule has 0 N–H and O–H groups in total. The van der Waals surface area contributed by atoms with Crippen molar-refractivity contribution in [2.45, 2.75) is 19.3 Å². The molecule has 4 nitrogen and oxygen atoms in total. The Morgan fingerprint density at radius 1 is 0.377 bits per heavy atom. The molecule has 10 rings (SSSR count). The molecule has 9 aromatic rings. The van der Waals surface area contributed by atoms with Gasteiger partial charge in [-0.2, -0.15) is 0 Å². The highest BCUT2D eigenvalue weighted by Gasteiger charge is 2.35. The molecule has 0 spiro atoms. The maximum atomic E-state index is 5.24. The van der Waals surface area contributed by atoms with Crippen LogP contribution in [0.1, 0.15) is 25.0 Å². The van der Waals surface area contributed by atoms with Gasteiger partial charge in [-0.25, -0.2) is 19.9 Å². The molecule has 0 bridgehead atoms. The highest BCUT2D eigenvalue weighted by molar-refractivity contribution is 6.13. The summed E-state index contributed by atoms with van der Waals surface area (Å²) in [5.41, 5.74) is 13.2. The van der Waals surface area contributed by atoms with Crippen molar-refractivity contribution in [1.82, 2.24) is 19.9 Å². The average Bonchev–Trinajstić information content (AvgIpc) is 3.45. The molecule has 1 aliphatic rings. The summed E-state index contributed by atoms with van der Waals surface area (Å²) < 4.78 is 0. The molecular weight excluding hydrogens is 645 g/mol. The summed E-state index contributed by atoms with van der Waals surface area (Å²) in [5, 5.41) is 4.89. The smallest absolute Gasteiger partial charge is 0.160 e. The molecule has 1 aliphatic carbocycles. The van der Waals surface area contributed by atoms with Crippen molar-refractivity contribution < 1.29 is 0 Å². The minimum absolute atomic E-state index is 0.0701. The van der Waals surface area contributed by atoms with E-state index in [1.54, 1.807) is 0 Å². The molecule has 4 heteroatoms. The van der Waals surface area contributed by atoms with E-state index in [0.29, 0.717) is 11.6 Å². The Morgan fingerprint density at radius 2 is 1.02 bits per heavy atom. The lowest BCUT2D eigenvalue weighted by Gasteiger charge is -2.22. The lowest BCUT2D eigenvalue weighted by atomic mass is 9.81. The fourth-order valence-electron chi connectivity index (χ4n) is 8.01. The van der Waals surface area contributed by atoms with Crippen molar-refractivity contribution in [2.24, 2.45) is 0 Å². The number of rotatable bonds is 5. The first kappa shape index (κ1) is 31.0. The first-order chi connectivity index (χ1) is 26.0. The Labute approximate surface area is 308 Å². The predicted molar refractivity (Wildman–Crippen MR) is 217 cm³/mol. The lowest BCUT2D eigenvalue weighted by molar-refractivity contribution is 0.661. The van der Waals surface area contributed by atoms with Gasteiger partial charge in [0.2, 0.25) is 0 Å². The van der Waals surface area contributed by atoms with Crippen LogP contribution in [0.5, 0.6) is 0 Å². The first-order valence-electron chi connectivity index (χ1n) is 18.0. The number of benzene rings is 7. The van der Waals surface area contributed by atoms with E-state index >= 15 is 0 Å². The van der Waals surface area contributed by atoms with Crippen LogP contribution in [0.4, 0.5) is 0 Å². The molecule has 2 heterocycles. The van der Waals surface area contributed by atoms with Crippen LogP contribution in [-0.4, -0.2) is 19.9 Å². The Hall–Kier alpha value is -6.78. The number of fused-ring (bicyclic) bond motifs is 6. The van der Waals surface area contributed by atoms with E-state index in [4.69, 9.17) is 9.97 Å². The summed E-state index contributed by atoms with van der Waals surface area (Å²) in [4.78, 5) is 19.7. The summed E-state index contributed by atoms with van der Waals surface area (Å²) in [5.74, 6) is 1.35. The van der Waals surface area contributed by atoms with E-state index in [1.165, 1.54) is 43.8 Å². The van der Waals surface area contributed by atoms with Crippen molar-refractivity contribution in [3.63, 3.8) is 0 Å². The number of nitrogens with zero attached hydrogens (tertiary/aromatic N) is 4. The fourth-order valence-corrected chi connectivity index (χ4v) is 8.01. The SMILES string of the molecule is CC1(C)c2ccccc2-c2cc3ccc4c(-c5cc(-c6ccccc6)nc(-c6ccc(-c7ncc(-c8ccccc8)cn7)cc6)n5)cccc4c3cc21. The van der Waals surface area contributed by atoms with Crippen LogP contribution < -0.4 is 0 Å². The molecule has 0 amide bonds. The van der Waals surface area contributed by atoms with Gasteiger partial charge in [0.1, 0.15) is 0 Å². The maximum Gasteiger partial charge on any atom is 0.160 e. The third-order valence-electron chi connectivity index (χ3n) is 10.8. The van der Waals surface area contributed by atoms with Gasteiger partial charge in [-0.15, -0.1) is 0 Å². The predicted octanol–water partition coefficient (Wildman–Crippen LogP) is 12.2. The Bertz CT molecular complexity index is 2830. The van der Waals surface area contributed by atoms with Gasteiger partial charge in [0.15, 0.2) is 11.6 Å². The van der Waals surface area contributed by atoms with Gasteiger partial charge < -0.3 is 0 Å². The van der Waals surface area contributed by atoms with Gasteiger partial charge in [-0.3, -0.25) is 0 Å². The first-order valence-corrected chi connectivity index (χ1v) is 18.0. The van der Waals surface area contributed by atoms with Crippen LogP contribution in [0.25, 0.3) is 89.1 Å². The van der Waals surface area contributed by atoms with Gasteiger partial charge in [0, 0.05) is 45.6 Å². The maximum absolute atomic E-state index is 5.24. The van der Waals surface area contributed by atoms with Crippen molar-refractivity contribution in [1.29, 1.82) is 0 Å². The number of hydrogen-bond donors (Lipinski definition) is 0. The fraction of sp³-hybridized carbons (Fsp3) is 0.0612. The third-order valence-corrected chi connectivity index (χ3v) is 10.8. The Balaban J connectivity index is 1.07. The van der Waals surface area contributed by atoms with E-state index in [0.717, 1.165) is 44.8 Å². The van der Waals surface area contributed by atoms with Gasteiger partial charge in [-0.05, 0) is 67.6 Å². The quantitative estimate of drug-likeness (QED) is 0.170. The van der Waals surface area contributed by atoms with Crippen LogP contribution in [0, 0.1) is 0 Å². The molecule has 0 fully saturated rings. The van der Waals surface area contributed by atoms with Crippen LogP contribution >= 0.6 is 0 Å². The van der Waals surface area contributed by atoms with E-state index in [2.05, 4.69) is 145 Å². The molecule has 53 heavy (non-hydrogen) atoms. The average molecular weight is 679 g/mol. The topological polar surface area (TPSA) is 51.6 Å². The second kappa shape index (κ2) is 12.2. The van der Waals surface area contributed by atoms with Crippen molar-refractivity contribution >= 4 is 21.5 Å². The van der Waals surface area contributed by atoms with Crippen molar-refractivity contribution in [3.8, 4) is 67.5 Å². The van der Waals surface area contributed by atoms with E-state index in [9.17, 15) is 0 Å². The summed E-state index contributed by atoms with van der Waals surface area (Å²) in [6.07, 6.45) is 3.76.